The molecule has 0 aliphatic rings. The van der Waals surface area contributed by atoms with Crippen molar-refractivity contribution in [3.05, 3.63) is 45.1 Å². The first-order valence-corrected chi connectivity index (χ1v) is 10.1. The first-order valence-electron chi connectivity index (χ1n) is 10.1. The number of aliphatic hydroxyl groups excluding tert-OH is 1. The zero-order chi connectivity index (χ0) is 28.0. The summed E-state index contributed by atoms with van der Waals surface area (Å²) in [6, 6.07) is 0.321. The number of nitrogens with one attached hydrogen (secondary N) is 2. The fraction of sp³-hybridized carbons (Fsp3) is 0.421. The number of nitrogens with zero attached hydrogens (tertiary/aromatic N) is 5. The molecule has 202 valence electrons. The van der Waals surface area contributed by atoms with Crippen molar-refractivity contribution in [2.24, 2.45) is 7.05 Å². The summed E-state index contributed by atoms with van der Waals surface area (Å²) in [4.78, 5) is 28.8. The van der Waals surface area contributed by atoms with Crippen LogP contribution in [-0.4, -0.2) is 52.8 Å². The molecule has 18 heteroatoms. The molecule has 0 radical (unpaired) electrons. The van der Waals surface area contributed by atoms with Gasteiger partial charge in [-0.2, -0.15) is 41.1 Å². The van der Waals surface area contributed by atoms with Crippen LogP contribution in [0.5, 0.6) is 5.88 Å². The number of alkyl halides is 6. The lowest BCUT2D eigenvalue weighted by molar-refractivity contribution is -0.190. The SMILES string of the molecule is Cc1[nH]nc(C(F)(F)F)c1NC(=O)c1cc(F)c(-n2nc(C(C)O)n(C)c2=O)nc1O[C@@H](C)C(F)(F)F. The van der Waals surface area contributed by atoms with Gasteiger partial charge in [-0.25, -0.2) is 9.18 Å². The summed E-state index contributed by atoms with van der Waals surface area (Å²) in [5, 5.41) is 20.3. The lowest BCUT2D eigenvalue weighted by atomic mass is 10.2. The van der Waals surface area contributed by atoms with Gasteiger partial charge in [-0.1, -0.05) is 0 Å². The molecule has 0 bridgehead atoms. The Morgan fingerprint density at radius 1 is 1.22 bits per heavy atom. The molecule has 2 atom stereocenters. The fourth-order valence-corrected chi connectivity index (χ4v) is 3.02. The minimum atomic E-state index is -5.02. The van der Waals surface area contributed by atoms with Crippen molar-refractivity contribution in [2.75, 3.05) is 5.32 Å². The van der Waals surface area contributed by atoms with Gasteiger partial charge >= 0.3 is 18.0 Å². The zero-order valence-corrected chi connectivity index (χ0v) is 19.3. The van der Waals surface area contributed by atoms with Gasteiger partial charge in [0.05, 0.1) is 11.4 Å². The predicted octanol–water partition coefficient (Wildman–Crippen LogP) is 2.79. The van der Waals surface area contributed by atoms with Crippen molar-refractivity contribution in [1.82, 2.24) is 29.5 Å². The van der Waals surface area contributed by atoms with Crippen LogP contribution in [0.1, 0.15) is 47.5 Å². The smallest absolute Gasteiger partial charge is 0.437 e. The van der Waals surface area contributed by atoms with Crippen LogP contribution in [0, 0.1) is 12.7 Å². The molecule has 37 heavy (non-hydrogen) atoms. The highest BCUT2D eigenvalue weighted by Crippen LogP contribution is 2.35. The minimum absolute atomic E-state index is 0.255. The van der Waals surface area contributed by atoms with Crippen molar-refractivity contribution in [3.63, 3.8) is 0 Å². The van der Waals surface area contributed by atoms with Gasteiger partial charge in [0.15, 0.2) is 29.3 Å². The monoisotopic (exact) mass is 541 g/mol. The lowest BCUT2D eigenvalue weighted by Crippen LogP contribution is -2.33. The quantitative estimate of drug-likeness (QED) is 0.408. The summed E-state index contributed by atoms with van der Waals surface area (Å²) in [6.07, 6.45) is -13.9. The second kappa shape index (κ2) is 9.49. The van der Waals surface area contributed by atoms with Crippen LogP contribution < -0.4 is 15.7 Å². The Hall–Kier alpha value is -3.96. The Bertz CT molecular complexity index is 1390. The van der Waals surface area contributed by atoms with Crippen LogP contribution in [0.15, 0.2) is 10.9 Å². The highest BCUT2D eigenvalue weighted by Gasteiger charge is 2.41. The van der Waals surface area contributed by atoms with Crippen molar-refractivity contribution in [1.29, 1.82) is 0 Å². The highest BCUT2D eigenvalue weighted by atomic mass is 19.4. The molecular weight excluding hydrogens is 523 g/mol. The average Bonchev–Trinajstić information content (AvgIpc) is 3.28. The van der Waals surface area contributed by atoms with Gasteiger partial charge in [-0.15, -0.1) is 5.10 Å². The number of anilines is 1. The Balaban J connectivity index is 2.16. The molecule has 3 aromatic heterocycles. The molecule has 0 saturated heterocycles. The van der Waals surface area contributed by atoms with E-state index in [0.29, 0.717) is 17.7 Å². The summed E-state index contributed by atoms with van der Waals surface area (Å²) in [7, 11) is 1.17. The lowest BCUT2D eigenvalue weighted by Gasteiger charge is -2.19. The van der Waals surface area contributed by atoms with Crippen LogP contribution in [-0.2, 0) is 13.2 Å². The normalized spacial score (nSPS) is 13.9. The number of aryl methyl sites for hydroxylation is 1. The van der Waals surface area contributed by atoms with Gasteiger partial charge in [-0.3, -0.25) is 14.5 Å². The molecule has 1 unspecified atom stereocenters. The van der Waals surface area contributed by atoms with Crippen LogP contribution in [0.2, 0.25) is 0 Å². The van der Waals surface area contributed by atoms with Gasteiger partial charge < -0.3 is 15.2 Å². The van der Waals surface area contributed by atoms with Crippen molar-refractivity contribution < 1.29 is 45.4 Å². The van der Waals surface area contributed by atoms with Crippen molar-refractivity contribution >= 4 is 11.6 Å². The van der Waals surface area contributed by atoms with E-state index >= 15 is 4.39 Å². The number of hydrogen-bond donors (Lipinski definition) is 3. The average molecular weight is 541 g/mol. The number of aromatic amines is 1. The van der Waals surface area contributed by atoms with E-state index in [2.05, 4.69) is 15.2 Å². The molecule has 0 fully saturated rings. The van der Waals surface area contributed by atoms with Gasteiger partial charge in [-0.05, 0) is 26.8 Å². The molecule has 3 N–H and O–H groups in total. The second-order valence-electron chi connectivity index (χ2n) is 7.76. The molecule has 0 aliphatic carbocycles. The van der Waals surface area contributed by atoms with Crippen LogP contribution in [0.3, 0.4) is 0 Å². The number of pyridine rings is 1. The van der Waals surface area contributed by atoms with Gasteiger partial charge in [0.2, 0.25) is 5.88 Å². The number of amides is 1. The predicted molar refractivity (Wildman–Crippen MR) is 110 cm³/mol. The first-order chi connectivity index (χ1) is 16.9. The molecule has 0 spiro atoms. The molecule has 1 amide bonds. The van der Waals surface area contributed by atoms with Crippen molar-refractivity contribution in [3.8, 4) is 11.7 Å². The van der Waals surface area contributed by atoms with E-state index in [1.165, 1.54) is 14.0 Å². The summed E-state index contributed by atoms with van der Waals surface area (Å²) < 4.78 is 100.0. The molecule has 0 aromatic carbocycles. The Morgan fingerprint density at radius 3 is 2.35 bits per heavy atom. The summed E-state index contributed by atoms with van der Waals surface area (Å²) in [6.45, 7) is 2.89. The first kappa shape index (κ1) is 27.6. The molecule has 3 heterocycles. The molecular formula is C19H18F7N7O4. The van der Waals surface area contributed by atoms with Gasteiger partial charge in [0, 0.05) is 7.05 Å². The van der Waals surface area contributed by atoms with E-state index in [1.807, 2.05) is 10.4 Å². The van der Waals surface area contributed by atoms with E-state index in [9.17, 15) is 41.0 Å². The molecule has 0 saturated carbocycles. The summed E-state index contributed by atoms with van der Waals surface area (Å²) in [5.41, 5.74) is -4.74. The number of hydrogen-bond acceptors (Lipinski definition) is 7. The Kier molecular flexibility index (Phi) is 7.08. The summed E-state index contributed by atoms with van der Waals surface area (Å²) >= 11 is 0. The topological polar surface area (TPSA) is 140 Å². The van der Waals surface area contributed by atoms with Crippen molar-refractivity contribution in [2.45, 2.75) is 45.3 Å². The van der Waals surface area contributed by atoms with Crippen LogP contribution in [0.25, 0.3) is 5.82 Å². The molecule has 3 rings (SSSR count). The number of ether oxygens (including phenoxy) is 1. The largest absolute Gasteiger partial charge is 0.464 e. The van der Waals surface area contributed by atoms with Crippen LogP contribution in [0.4, 0.5) is 36.4 Å². The maximum atomic E-state index is 15.0. The number of halogens is 7. The number of carbonyl (C=O) groups excluding carboxylic acids is 1. The number of H-pyrrole nitrogens is 1. The second-order valence-corrected chi connectivity index (χ2v) is 7.76. The van der Waals surface area contributed by atoms with Gasteiger partial charge in [0.25, 0.3) is 5.91 Å². The van der Waals surface area contributed by atoms with E-state index in [1.54, 1.807) is 0 Å². The number of rotatable bonds is 6. The van der Waals surface area contributed by atoms with E-state index in [0.717, 1.165) is 11.5 Å². The standard InChI is InChI=1S/C19H18F7N7O4/c1-6-11(12(30-29-6)19(24,25)26)27-15(35)9-5-10(20)14(28-16(9)37-8(3)18(21,22)23)33-17(36)32(4)13(31-33)7(2)34/h5,7-8,34H,1-4H3,(H,27,35)(H,29,30)/t7?,8-/m0/s1. The molecule has 0 aliphatic heterocycles. The van der Waals surface area contributed by atoms with E-state index < -0.39 is 70.6 Å². The summed E-state index contributed by atoms with van der Waals surface area (Å²) in [5.74, 6) is -5.40. The molecule has 3 aromatic rings. The van der Waals surface area contributed by atoms with Gasteiger partial charge in [0.1, 0.15) is 11.7 Å². The minimum Gasteiger partial charge on any atom is -0.464 e. The molecule has 11 nitrogen and oxygen atoms in total. The third-order valence-corrected chi connectivity index (χ3v) is 4.96. The number of aliphatic hydroxyl groups is 1. The zero-order valence-electron chi connectivity index (χ0n) is 19.3. The highest BCUT2D eigenvalue weighted by molar-refractivity contribution is 6.06. The number of aromatic nitrogens is 6. The maximum Gasteiger partial charge on any atom is 0.437 e. The maximum absolute atomic E-state index is 15.0. The third-order valence-electron chi connectivity index (χ3n) is 4.96. The Morgan fingerprint density at radius 2 is 1.84 bits per heavy atom. The Labute approximate surface area is 201 Å². The fourth-order valence-electron chi connectivity index (χ4n) is 3.02. The third kappa shape index (κ3) is 5.42. The van der Waals surface area contributed by atoms with Crippen LogP contribution >= 0.6 is 0 Å². The van der Waals surface area contributed by atoms with E-state index in [-0.39, 0.29) is 11.5 Å². The number of carbonyl (C=O) groups is 1. The van der Waals surface area contributed by atoms with E-state index in [4.69, 9.17) is 4.74 Å².